The molecule has 2 N–H and O–H groups in total. The summed E-state index contributed by atoms with van der Waals surface area (Å²) in [4.78, 5) is 25.0. The van der Waals surface area contributed by atoms with Crippen LogP contribution in [0, 0.1) is 0 Å². The number of amides is 1. The molecular formula is C15H10F6N2O3. The first kappa shape index (κ1) is 19.3. The number of halogens is 6. The Morgan fingerprint density at radius 3 is 2.35 bits per heavy atom. The summed E-state index contributed by atoms with van der Waals surface area (Å²) in [6.07, 6.45) is -9.05. The van der Waals surface area contributed by atoms with Gasteiger partial charge in [0.05, 0.1) is 11.1 Å². The third-order valence-electron chi connectivity index (χ3n) is 3.06. The molecule has 140 valence electrons. The number of alkyl halides is 6. The lowest BCUT2D eigenvalue weighted by atomic mass is 10.2. The molecule has 0 aliphatic heterocycles. The maximum Gasteiger partial charge on any atom is 0.419 e. The maximum absolute atomic E-state index is 12.8. The Morgan fingerprint density at radius 2 is 1.73 bits per heavy atom. The summed E-state index contributed by atoms with van der Waals surface area (Å²) in [6, 6.07) is 4.50. The molecule has 2 rings (SSSR count). The summed E-state index contributed by atoms with van der Waals surface area (Å²) >= 11 is 0. The highest BCUT2D eigenvalue weighted by atomic mass is 19.4. The molecule has 11 heteroatoms. The standard InChI is InChI=1S/C15H10F6N2O3/c16-14(17,18)8-5-10(13(25)22-6-8)23-12(24)7-26-11-4-2-1-3-9(11)15(19,20)21/h1-6H,7H2,(H,22,25)(H,23,24). The van der Waals surface area contributed by atoms with Crippen LogP contribution in [-0.4, -0.2) is 17.5 Å². The number of benzene rings is 1. The van der Waals surface area contributed by atoms with E-state index in [0.717, 1.165) is 18.2 Å². The number of aromatic amines is 1. The first-order chi connectivity index (χ1) is 12.0. The Bertz CT molecular complexity index is 857. The third kappa shape index (κ3) is 4.77. The van der Waals surface area contributed by atoms with Gasteiger partial charge in [-0.25, -0.2) is 0 Å². The molecule has 0 aliphatic carbocycles. The van der Waals surface area contributed by atoms with Crippen molar-refractivity contribution in [1.29, 1.82) is 0 Å². The fourth-order valence-electron chi connectivity index (χ4n) is 1.90. The number of ether oxygens (including phenoxy) is 1. The summed E-state index contributed by atoms with van der Waals surface area (Å²) in [5, 5.41) is 1.86. The highest BCUT2D eigenvalue weighted by Crippen LogP contribution is 2.35. The number of H-pyrrole nitrogens is 1. The summed E-state index contributed by atoms with van der Waals surface area (Å²) < 4.78 is 80.9. The van der Waals surface area contributed by atoms with Gasteiger partial charge in [0, 0.05) is 6.20 Å². The Balaban J connectivity index is 2.11. The predicted molar refractivity (Wildman–Crippen MR) is 77.6 cm³/mol. The van der Waals surface area contributed by atoms with E-state index in [1.807, 2.05) is 5.32 Å². The van der Waals surface area contributed by atoms with Gasteiger partial charge < -0.3 is 15.0 Å². The van der Waals surface area contributed by atoms with Crippen LogP contribution < -0.4 is 15.6 Å². The topological polar surface area (TPSA) is 71.2 Å². The first-order valence-corrected chi connectivity index (χ1v) is 6.87. The van der Waals surface area contributed by atoms with Crippen LogP contribution in [0.4, 0.5) is 32.0 Å². The molecule has 0 saturated heterocycles. The molecule has 26 heavy (non-hydrogen) atoms. The fourth-order valence-corrected chi connectivity index (χ4v) is 1.90. The summed E-state index contributed by atoms with van der Waals surface area (Å²) in [7, 11) is 0. The predicted octanol–water partition coefficient (Wildman–Crippen LogP) is 3.43. The lowest BCUT2D eigenvalue weighted by molar-refractivity contribution is -0.139. The van der Waals surface area contributed by atoms with Gasteiger partial charge in [0.25, 0.3) is 11.5 Å². The van der Waals surface area contributed by atoms with Gasteiger partial charge in [0.1, 0.15) is 11.4 Å². The smallest absolute Gasteiger partial charge is 0.419 e. The van der Waals surface area contributed by atoms with E-state index in [4.69, 9.17) is 4.74 Å². The molecule has 1 heterocycles. The number of para-hydroxylation sites is 1. The Kier molecular flexibility index (Phi) is 5.28. The van der Waals surface area contributed by atoms with Crippen LogP contribution >= 0.6 is 0 Å². The molecule has 0 atom stereocenters. The number of nitrogens with one attached hydrogen (secondary N) is 2. The van der Waals surface area contributed by atoms with Crippen molar-refractivity contribution in [3.8, 4) is 5.75 Å². The summed E-state index contributed by atoms with van der Waals surface area (Å²) in [6.45, 7) is -0.942. The highest BCUT2D eigenvalue weighted by Gasteiger charge is 2.34. The van der Waals surface area contributed by atoms with E-state index in [1.165, 1.54) is 6.07 Å². The Hall–Kier alpha value is -2.98. The minimum absolute atomic E-state index is 0.403. The third-order valence-corrected chi connectivity index (χ3v) is 3.06. The minimum atomic E-state index is -4.76. The molecule has 0 aliphatic rings. The molecule has 2 aromatic rings. The van der Waals surface area contributed by atoms with Crippen molar-refractivity contribution < 1.29 is 35.9 Å². The number of carbonyl (C=O) groups excluding carboxylic acids is 1. The minimum Gasteiger partial charge on any atom is -0.483 e. The van der Waals surface area contributed by atoms with E-state index in [-0.39, 0.29) is 0 Å². The maximum atomic E-state index is 12.8. The van der Waals surface area contributed by atoms with Crippen molar-refractivity contribution >= 4 is 11.6 Å². The molecule has 0 radical (unpaired) electrons. The van der Waals surface area contributed by atoms with E-state index in [1.54, 1.807) is 4.98 Å². The zero-order chi connectivity index (χ0) is 19.5. The van der Waals surface area contributed by atoms with Gasteiger partial charge in [-0.3, -0.25) is 9.59 Å². The second kappa shape index (κ2) is 7.10. The number of pyridine rings is 1. The van der Waals surface area contributed by atoms with Crippen LogP contribution in [0.5, 0.6) is 5.75 Å². The molecule has 0 saturated carbocycles. The van der Waals surface area contributed by atoms with Gasteiger partial charge >= 0.3 is 12.4 Å². The second-order valence-corrected chi connectivity index (χ2v) is 4.96. The number of anilines is 1. The Labute approximate surface area is 141 Å². The molecule has 0 fully saturated rings. The van der Waals surface area contributed by atoms with E-state index in [9.17, 15) is 35.9 Å². The average Bonchev–Trinajstić information content (AvgIpc) is 2.53. The number of hydrogen-bond donors (Lipinski definition) is 2. The molecule has 1 aromatic carbocycles. The van der Waals surface area contributed by atoms with Gasteiger partial charge in [0.2, 0.25) is 0 Å². The monoisotopic (exact) mass is 380 g/mol. The molecule has 0 spiro atoms. The number of rotatable bonds is 4. The van der Waals surface area contributed by atoms with Crippen LogP contribution in [0.3, 0.4) is 0 Å². The molecule has 1 amide bonds. The van der Waals surface area contributed by atoms with Crippen molar-refractivity contribution in [2.75, 3.05) is 11.9 Å². The van der Waals surface area contributed by atoms with Crippen molar-refractivity contribution in [2.45, 2.75) is 12.4 Å². The van der Waals surface area contributed by atoms with Gasteiger partial charge in [0.15, 0.2) is 6.61 Å². The summed E-state index contributed by atoms with van der Waals surface area (Å²) in [5.74, 6) is -1.74. The molecule has 1 aromatic heterocycles. The van der Waals surface area contributed by atoms with Crippen molar-refractivity contribution in [3.63, 3.8) is 0 Å². The lowest BCUT2D eigenvalue weighted by Gasteiger charge is -2.13. The number of carbonyl (C=O) groups is 1. The molecule has 5 nitrogen and oxygen atoms in total. The highest BCUT2D eigenvalue weighted by molar-refractivity contribution is 5.91. The van der Waals surface area contributed by atoms with E-state index in [0.29, 0.717) is 12.3 Å². The zero-order valence-corrected chi connectivity index (χ0v) is 12.7. The van der Waals surface area contributed by atoms with Crippen LogP contribution in [-0.2, 0) is 17.1 Å². The van der Waals surface area contributed by atoms with Crippen molar-refractivity contribution in [1.82, 2.24) is 4.98 Å². The van der Waals surface area contributed by atoms with Gasteiger partial charge in [-0.15, -0.1) is 0 Å². The second-order valence-electron chi connectivity index (χ2n) is 4.96. The average molecular weight is 380 g/mol. The van der Waals surface area contributed by atoms with Gasteiger partial charge in [-0.2, -0.15) is 26.3 Å². The number of aromatic nitrogens is 1. The quantitative estimate of drug-likeness (QED) is 0.799. The molecule has 0 unspecified atom stereocenters. The normalized spacial score (nSPS) is 11.9. The van der Waals surface area contributed by atoms with E-state index >= 15 is 0 Å². The number of hydrogen-bond acceptors (Lipinski definition) is 3. The first-order valence-electron chi connectivity index (χ1n) is 6.87. The molecule has 0 bridgehead atoms. The molecular weight excluding hydrogens is 370 g/mol. The SMILES string of the molecule is O=C(COc1ccccc1C(F)(F)F)Nc1cc(C(F)(F)F)c[nH]c1=O. The fraction of sp³-hybridized carbons (Fsp3) is 0.200. The lowest BCUT2D eigenvalue weighted by Crippen LogP contribution is -2.26. The van der Waals surface area contributed by atoms with Gasteiger partial charge in [-0.05, 0) is 18.2 Å². The van der Waals surface area contributed by atoms with Crippen LogP contribution in [0.1, 0.15) is 11.1 Å². The van der Waals surface area contributed by atoms with Crippen LogP contribution in [0.25, 0.3) is 0 Å². The van der Waals surface area contributed by atoms with E-state index in [2.05, 4.69) is 0 Å². The Morgan fingerprint density at radius 1 is 1.08 bits per heavy atom. The van der Waals surface area contributed by atoms with Crippen molar-refractivity contribution in [3.05, 3.63) is 58.0 Å². The largest absolute Gasteiger partial charge is 0.483 e. The van der Waals surface area contributed by atoms with Crippen molar-refractivity contribution in [2.24, 2.45) is 0 Å². The van der Waals surface area contributed by atoms with Gasteiger partial charge in [-0.1, -0.05) is 12.1 Å². The van der Waals surface area contributed by atoms with Crippen LogP contribution in [0.15, 0.2) is 41.3 Å². The summed E-state index contributed by atoms with van der Waals surface area (Å²) in [5.41, 5.74) is -4.06. The van der Waals surface area contributed by atoms with E-state index < -0.39 is 53.0 Å². The zero-order valence-electron chi connectivity index (χ0n) is 12.7. The van der Waals surface area contributed by atoms with Crippen LogP contribution in [0.2, 0.25) is 0 Å².